The van der Waals surface area contributed by atoms with E-state index in [0.29, 0.717) is 0 Å². The van der Waals surface area contributed by atoms with Crippen LogP contribution < -0.4 is 10.2 Å². The Balaban J connectivity index is 2.25. The Bertz CT molecular complexity index is 1050. The number of aromatic nitrogens is 1. The van der Waals surface area contributed by atoms with Crippen molar-refractivity contribution >= 4 is 17.1 Å². The van der Waals surface area contributed by atoms with E-state index in [1.807, 2.05) is 0 Å². The molecule has 128 valence electrons. The number of halogens is 3. The summed E-state index contributed by atoms with van der Waals surface area (Å²) >= 11 is 0. The first-order chi connectivity index (χ1) is 11.9. The molecule has 0 bridgehead atoms. The lowest BCUT2D eigenvalue weighted by Crippen LogP contribution is -2.17. The van der Waals surface area contributed by atoms with E-state index in [9.17, 15) is 22.8 Å². The summed E-state index contributed by atoms with van der Waals surface area (Å²) in [5, 5.41) is 8.58. The van der Waals surface area contributed by atoms with Crippen LogP contribution in [0.25, 0.3) is 10.9 Å². The standard InChI is InChI=1S/C17H10F3NO4/c18-10-4-5-12(19)9(6-10)7-21-8-14(25-17(23)24)16(22)11-2-1-3-13(20)15(11)21/h1-6,8H,7H2,(H,23,24). The predicted octanol–water partition coefficient (Wildman–Crippen LogP) is 3.52. The van der Waals surface area contributed by atoms with Crippen molar-refractivity contribution in [2.75, 3.05) is 0 Å². The lowest BCUT2D eigenvalue weighted by molar-refractivity contribution is 0.144. The smallest absolute Gasteiger partial charge is 0.449 e. The molecule has 0 aliphatic rings. The van der Waals surface area contributed by atoms with Crippen LogP contribution in [0.15, 0.2) is 47.4 Å². The van der Waals surface area contributed by atoms with Gasteiger partial charge < -0.3 is 14.4 Å². The quantitative estimate of drug-likeness (QED) is 0.735. The Morgan fingerprint density at radius 2 is 1.88 bits per heavy atom. The molecule has 0 unspecified atom stereocenters. The number of carbonyl (C=O) groups is 1. The van der Waals surface area contributed by atoms with E-state index in [-0.39, 0.29) is 23.0 Å². The number of para-hydroxylation sites is 1. The van der Waals surface area contributed by atoms with E-state index in [2.05, 4.69) is 4.74 Å². The zero-order valence-electron chi connectivity index (χ0n) is 12.5. The molecular formula is C17H10F3NO4. The van der Waals surface area contributed by atoms with E-state index in [4.69, 9.17) is 5.11 Å². The summed E-state index contributed by atoms with van der Waals surface area (Å²) in [5.41, 5.74) is -1.10. The van der Waals surface area contributed by atoms with Gasteiger partial charge in [0.2, 0.25) is 5.43 Å². The molecule has 3 rings (SSSR count). The van der Waals surface area contributed by atoms with Crippen molar-refractivity contribution in [1.82, 2.24) is 4.57 Å². The van der Waals surface area contributed by atoms with E-state index in [0.717, 1.165) is 35.0 Å². The van der Waals surface area contributed by atoms with Gasteiger partial charge in [-0.15, -0.1) is 0 Å². The summed E-state index contributed by atoms with van der Waals surface area (Å²) in [7, 11) is 0. The number of hydrogen-bond donors (Lipinski definition) is 1. The van der Waals surface area contributed by atoms with Gasteiger partial charge in [0.25, 0.3) is 0 Å². The van der Waals surface area contributed by atoms with Gasteiger partial charge in [0.15, 0.2) is 5.75 Å². The van der Waals surface area contributed by atoms with E-state index in [1.165, 1.54) is 12.1 Å². The van der Waals surface area contributed by atoms with Gasteiger partial charge in [-0.3, -0.25) is 4.79 Å². The number of carboxylic acid groups (broad SMARTS) is 1. The first kappa shape index (κ1) is 16.6. The van der Waals surface area contributed by atoms with Gasteiger partial charge in [-0.25, -0.2) is 18.0 Å². The lowest BCUT2D eigenvalue weighted by Gasteiger charge is -2.14. The van der Waals surface area contributed by atoms with Gasteiger partial charge in [-0.1, -0.05) is 6.07 Å². The molecule has 0 aliphatic heterocycles. The fourth-order valence-electron chi connectivity index (χ4n) is 2.53. The molecular weight excluding hydrogens is 339 g/mol. The summed E-state index contributed by atoms with van der Waals surface area (Å²) in [5.74, 6) is -2.76. The van der Waals surface area contributed by atoms with Gasteiger partial charge >= 0.3 is 6.16 Å². The average molecular weight is 349 g/mol. The highest BCUT2D eigenvalue weighted by Gasteiger charge is 2.16. The third-order valence-electron chi connectivity index (χ3n) is 3.56. The van der Waals surface area contributed by atoms with E-state index in [1.54, 1.807) is 0 Å². The fourth-order valence-corrected chi connectivity index (χ4v) is 2.53. The van der Waals surface area contributed by atoms with E-state index >= 15 is 0 Å². The summed E-state index contributed by atoms with van der Waals surface area (Å²) in [6, 6.07) is 6.43. The fraction of sp³-hybridized carbons (Fsp3) is 0.0588. The number of rotatable bonds is 3. The molecule has 5 nitrogen and oxygen atoms in total. The van der Waals surface area contributed by atoms with E-state index < -0.39 is 34.8 Å². The molecule has 0 fully saturated rings. The monoisotopic (exact) mass is 349 g/mol. The third kappa shape index (κ3) is 3.18. The molecule has 8 heteroatoms. The van der Waals surface area contributed by atoms with Crippen molar-refractivity contribution < 1.29 is 27.8 Å². The van der Waals surface area contributed by atoms with Crippen molar-refractivity contribution in [2.24, 2.45) is 0 Å². The second-order valence-electron chi connectivity index (χ2n) is 5.19. The first-order valence-corrected chi connectivity index (χ1v) is 7.03. The maximum absolute atomic E-state index is 14.2. The van der Waals surface area contributed by atoms with Gasteiger partial charge in [0.1, 0.15) is 17.5 Å². The topological polar surface area (TPSA) is 68.5 Å². The van der Waals surface area contributed by atoms with Gasteiger partial charge in [0, 0.05) is 5.56 Å². The molecule has 0 amide bonds. The number of fused-ring (bicyclic) bond motifs is 1. The summed E-state index contributed by atoms with van der Waals surface area (Å²) in [6.07, 6.45) is -0.775. The molecule has 1 N–H and O–H groups in total. The molecule has 0 spiro atoms. The highest BCUT2D eigenvalue weighted by Crippen LogP contribution is 2.21. The molecule has 0 saturated heterocycles. The van der Waals surface area contributed by atoms with Crippen molar-refractivity contribution in [3.63, 3.8) is 0 Å². The maximum atomic E-state index is 14.2. The minimum atomic E-state index is -1.73. The molecule has 3 aromatic rings. The number of nitrogens with zero attached hydrogens (tertiary/aromatic N) is 1. The second-order valence-corrected chi connectivity index (χ2v) is 5.19. The molecule has 0 saturated carbocycles. The predicted molar refractivity (Wildman–Crippen MR) is 82.3 cm³/mol. The van der Waals surface area contributed by atoms with Crippen molar-refractivity contribution in [3.05, 3.63) is 75.8 Å². The molecule has 0 aliphatic carbocycles. The Kier molecular flexibility index (Phi) is 4.18. The number of benzene rings is 2. The highest BCUT2D eigenvalue weighted by atomic mass is 19.1. The highest BCUT2D eigenvalue weighted by molar-refractivity contribution is 5.81. The molecule has 0 radical (unpaired) electrons. The van der Waals surface area contributed by atoms with Crippen LogP contribution in [0.3, 0.4) is 0 Å². The average Bonchev–Trinajstić information content (AvgIpc) is 2.54. The first-order valence-electron chi connectivity index (χ1n) is 7.03. The molecule has 2 aromatic carbocycles. The van der Waals surface area contributed by atoms with Gasteiger partial charge in [0.05, 0.1) is 23.6 Å². The van der Waals surface area contributed by atoms with Gasteiger partial charge in [-0.2, -0.15) is 0 Å². The Hall–Kier alpha value is -3.29. The van der Waals surface area contributed by atoms with Crippen molar-refractivity contribution in [1.29, 1.82) is 0 Å². The third-order valence-corrected chi connectivity index (χ3v) is 3.56. The van der Waals surface area contributed by atoms with Crippen LogP contribution in [0.1, 0.15) is 5.56 Å². The van der Waals surface area contributed by atoms with Crippen LogP contribution in [0, 0.1) is 17.5 Å². The zero-order valence-corrected chi connectivity index (χ0v) is 12.5. The summed E-state index contributed by atoms with van der Waals surface area (Å²) in [4.78, 5) is 23.0. The van der Waals surface area contributed by atoms with Crippen LogP contribution >= 0.6 is 0 Å². The van der Waals surface area contributed by atoms with Crippen molar-refractivity contribution in [3.8, 4) is 5.75 Å². The molecule has 1 aromatic heterocycles. The Morgan fingerprint density at radius 3 is 2.60 bits per heavy atom. The van der Waals surface area contributed by atoms with Crippen LogP contribution in [-0.4, -0.2) is 15.8 Å². The maximum Gasteiger partial charge on any atom is 0.511 e. The van der Waals surface area contributed by atoms with Crippen LogP contribution in [0.4, 0.5) is 18.0 Å². The Labute approximate surface area is 138 Å². The summed E-state index contributed by atoms with van der Waals surface area (Å²) < 4.78 is 47.0. The molecule has 1 heterocycles. The Morgan fingerprint density at radius 1 is 1.12 bits per heavy atom. The second kappa shape index (κ2) is 6.31. The molecule has 0 atom stereocenters. The summed E-state index contributed by atoms with van der Waals surface area (Å²) in [6.45, 7) is -0.336. The number of hydrogen-bond acceptors (Lipinski definition) is 3. The zero-order chi connectivity index (χ0) is 18.1. The van der Waals surface area contributed by atoms with Crippen LogP contribution in [0.2, 0.25) is 0 Å². The molecule has 25 heavy (non-hydrogen) atoms. The largest absolute Gasteiger partial charge is 0.511 e. The van der Waals surface area contributed by atoms with Gasteiger partial charge in [-0.05, 0) is 30.3 Å². The minimum absolute atomic E-state index is 0.102. The van der Waals surface area contributed by atoms with Crippen LogP contribution in [-0.2, 0) is 6.54 Å². The number of pyridine rings is 1. The van der Waals surface area contributed by atoms with Crippen LogP contribution in [0.5, 0.6) is 5.75 Å². The lowest BCUT2D eigenvalue weighted by atomic mass is 10.1. The SMILES string of the molecule is O=C(O)Oc1cn(Cc2cc(F)ccc2F)c2c(F)cccc2c1=O. The minimum Gasteiger partial charge on any atom is -0.449 e. The number of ether oxygens (including phenoxy) is 1. The van der Waals surface area contributed by atoms with Crippen molar-refractivity contribution in [2.45, 2.75) is 6.54 Å². The normalized spacial score (nSPS) is 10.8.